The van der Waals surface area contributed by atoms with E-state index in [0.29, 0.717) is 22.0 Å². The lowest BCUT2D eigenvalue weighted by atomic mass is 9.74. The van der Waals surface area contributed by atoms with E-state index < -0.39 is 10.8 Å². The van der Waals surface area contributed by atoms with Crippen molar-refractivity contribution in [1.29, 1.82) is 0 Å². The number of nitro benzene ring substituents is 2. The van der Waals surface area contributed by atoms with Crippen molar-refractivity contribution in [2.75, 3.05) is 23.9 Å². The number of anilines is 2. The number of hydrogen-bond donors (Lipinski definition) is 0. The van der Waals surface area contributed by atoms with Gasteiger partial charge in [0.25, 0.3) is 11.4 Å². The lowest BCUT2D eigenvalue weighted by molar-refractivity contribution is -0.455. The molecule has 0 spiro atoms. The van der Waals surface area contributed by atoms with Crippen LogP contribution in [0.15, 0.2) is 208 Å². The van der Waals surface area contributed by atoms with Gasteiger partial charge in [0.2, 0.25) is 11.4 Å². The molecule has 0 radical (unpaired) electrons. The van der Waals surface area contributed by atoms with Crippen LogP contribution in [0, 0.1) is 20.2 Å². The Morgan fingerprint density at radius 3 is 1.77 bits per heavy atom. The highest BCUT2D eigenvalue weighted by atomic mass is 79.9. The summed E-state index contributed by atoms with van der Waals surface area (Å²) in [5, 5.41) is 29.7. The molecule has 0 N–H and O–H groups in total. The molecule has 1 unspecified atom stereocenters. The van der Waals surface area contributed by atoms with Crippen molar-refractivity contribution in [1.82, 2.24) is 0 Å². The van der Waals surface area contributed by atoms with Crippen LogP contribution < -0.4 is 9.80 Å². The van der Waals surface area contributed by atoms with Crippen LogP contribution in [0.5, 0.6) is 0 Å². The molecule has 0 fully saturated rings. The molecule has 8 aromatic rings. The summed E-state index contributed by atoms with van der Waals surface area (Å²) in [7, 11) is 4.30. The van der Waals surface area contributed by atoms with Crippen LogP contribution in [0.3, 0.4) is 0 Å². The molecule has 0 aliphatic carbocycles. The minimum absolute atomic E-state index is 0.0303. The smallest absolute Gasteiger partial charge is 0.284 e. The van der Waals surface area contributed by atoms with Crippen LogP contribution in [-0.2, 0) is 41.2 Å². The molecule has 4 heterocycles. The van der Waals surface area contributed by atoms with E-state index in [9.17, 15) is 20.2 Å². The van der Waals surface area contributed by atoms with Crippen molar-refractivity contribution in [2.24, 2.45) is 0 Å². The van der Waals surface area contributed by atoms with E-state index in [1.165, 1.54) is 61.0 Å². The third-order valence-electron chi connectivity index (χ3n) is 18.1. The second-order valence-corrected chi connectivity index (χ2v) is 25.8. The highest BCUT2D eigenvalue weighted by Crippen LogP contribution is 2.54. The largest absolute Gasteiger partial charge is 0.347 e. The Hall–Kier alpha value is -8.06. The van der Waals surface area contributed by atoms with Gasteiger partial charge in [-0.1, -0.05) is 135 Å². The summed E-state index contributed by atoms with van der Waals surface area (Å²) in [5.74, 6) is 0. The first-order valence-electron chi connectivity index (χ1n) is 27.8. The topological polar surface area (TPSA) is 98.8 Å². The predicted octanol–water partition coefficient (Wildman–Crippen LogP) is 17.4. The van der Waals surface area contributed by atoms with Crippen LogP contribution in [0.4, 0.5) is 34.1 Å². The van der Waals surface area contributed by atoms with Gasteiger partial charge in [-0.05, 0) is 147 Å². The first kappa shape index (κ1) is 54.5. The van der Waals surface area contributed by atoms with Crippen molar-refractivity contribution in [3.63, 3.8) is 0 Å². The van der Waals surface area contributed by atoms with Gasteiger partial charge in [0, 0.05) is 100 Å². The fraction of sp³-hybridized carbons (Fsp3) is 0.229. The van der Waals surface area contributed by atoms with Gasteiger partial charge in [0.15, 0.2) is 18.0 Å². The zero-order valence-corrected chi connectivity index (χ0v) is 50.8. The first-order valence-corrected chi connectivity index (χ1v) is 29.4. The summed E-state index contributed by atoms with van der Waals surface area (Å²) < 4.78 is 5.45. The number of allylic oxidation sites excluding steroid dienone is 8. The molecule has 4 aliphatic rings. The minimum Gasteiger partial charge on any atom is -0.347 e. The maximum absolute atomic E-state index is 12.4. The Morgan fingerprint density at radius 1 is 0.549 bits per heavy atom. The Labute approximate surface area is 496 Å². The second-order valence-electron chi connectivity index (χ2n) is 24.1. The molecule has 4 aliphatic heterocycles. The molecule has 0 bridgehead atoms. The number of hydrogen-bond acceptors (Lipinski definition) is 6. The number of halogens is 2. The Bertz CT molecular complexity index is 4240. The highest BCUT2D eigenvalue weighted by Gasteiger charge is 2.48. The predicted molar refractivity (Wildman–Crippen MR) is 341 cm³/mol. The average Bonchev–Trinajstić information content (AvgIpc) is 2.09. The molecule has 1 atom stereocenters. The normalized spacial score (nSPS) is 19.4. The van der Waals surface area contributed by atoms with Gasteiger partial charge in [-0.3, -0.25) is 20.2 Å². The Balaban J connectivity index is 0.898. The number of nitro groups is 2. The minimum atomic E-state index is -0.597. The summed E-state index contributed by atoms with van der Waals surface area (Å²) in [6.45, 7) is 16.6. The molecular formula is C70H64Br2N6O4+2. The second kappa shape index (κ2) is 20.1. The molecule has 10 nitrogen and oxygen atoms in total. The van der Waals surface area contributed by atoms with Crippen molar-refractivity contribution in [3.05, 3.63) is 268 Å². The number of rotatable bonds is 12. The van der Waals surface area contributed by atoms with E-state index >= 15 is 0 Å². The van der Waals surface area contributed by atoms with Crippen LogP contribution in [0.25, 0.3) is 21.5 Å². The van der Waals surface area contributed by atoms with Crippen molar-refractivity contribution < 1.29 is 19.0 Å². The monoisotopic (exact) mass is 1210 g/mol. The third kappa shape index (κ3) is 8.79. The number of likely N-dealkylation sites (N-methyl/N-ethyl adjacent to an activating group) is 1. The number of benzene rings is 8. The first-order chi connectivity index (χ1) is 39.1. The lowest BCUT2D eigenvalue weighted by Crippen LogP contribution is -2.29. The van der Waals surface area contributed by atoms with Crippen molar-refractivity contribution >= 4 is 99.0 Å². The van der Waals surface area contributed by atoms with Gasteiger partial charge >= 0.3 is 0 Å². The number of nitrogens with zero attached hydrogens (tertiary/aromatic N) is 6. The SMILES string of the molecule is CN1C(=CC=CC2=[N+](Cc3ccc(CN4C(=CC=CC5=[N+](C)c6ccc7ccccc7c6C5(C)C)C(C)(C)c5cc([N+](=O)[O-])c(Br)cc54)cc3)c3cc(Br)c([N+](=O)[O-])cc3C2(C)C)C(C)(Cc2ccccc2)c2c1ccc1ccccc21. The van der Waals surface area contributed by atoms with Crippen LogP contribution in [-0.4, -0.2) is 44.5 Å². The van der Waals surface area contributed by atoms with Gasteiger partial charge in [-0.15, -0.1) is 0 Å². The Morgan fingerprint density at radius 2 is 1.11 bits per heavy atom. The Kier molecular flexibility index (Phi) is 13.4. The van der Waals surface area contributed by atoms with Gasteiger partial charge in [-0.2, -0.15) is 9.15 Å². The standard InChI is InChI=1S/C70H64Br2N6O4/c1-67(2)51-37-59(77(79)80)53(71)39-57(51)75(62(67)26-17-25-61-69(5,6)65-49-23-15-13-21-47(49)33-35-55(65)73(61)8)42-45-29-31-46(32-30-45)43-76-58-40-54(72)60(78(81)82)38-52(58)68(3,4)63(76)27-18-28-64-70(7,41-44-19-11-10-12-20-44)66-50-24-16-14-22-48(50)34-36-56(66)74(64)9/h10-40H,41-43H2,1-9H3/q+2. The summed E-state index contributed by atoms with van der Waals surface area (Å²) in [5.41, 5.74) is 14.6. The fourth-order valence-electron chi connectivity index (χ4n) is 14.0. The lowest BCUT2D eigenvalue weighted by Gasteiger charge is -2.29. The molecule has 12 heteroatoms. The molecule has 0 saturated heterocycles. The zero-order valence-electron chi connectivity index (χ0n) is 47.6. The van der Waals surface area contributed by atoms with E-state index in [1.807, 2.05) is 12.1 Å². The van der Waals surface area contributed by atoms with Gasteiger partial charge in [-0.25, -0.2) is 0 Å². The molecule has 8 aromatic carbocycles. The van der Waals surface area contributed by atoms with E-state index in [4.69, 9.17) is 0 Å². The maximum atomic E-state index is 12.4. The zero-order chi connectivity index (χ0) is 57.8. The van der Waals surface area contributed by atoms with Crippen molar-refractivity contribution in [2.45, 2.75) is 89.6 Å². The van der Waals surface area contributed by atoms with E-state index in [-0.39, 0.29) is 32.1 Å². The molecule has 410 valence electrons. The summed E-state index contributed by atoms with van der Waals surface area (Å²) in [6.07, 6.45) is 14.0. The number of fused-ring (bicyclic) bond motifs is 8. The van der Waals surface area contributed by atoms with E-state index in [1.54, 1.807) is 12.1 Å². The van der Waals surface area contributed by atoms with Crippen LogP contribution in [0.2, 0.25) is 0 Å². The van der Waals surface area contributed by atoms with Crippen LogP contribution in [0.1, 0.15) is 87.4 Å². The van der Waals surface area contributed by atoms with Gasteiger partial charge < -0.3 is 9.80 Å². The summed E-state index contributed by atoms with van der Waals surface area (Å²) in [6, 6.07) is 52.7. The molecular weight excluding hydrogens is 1150 g/mol. The van der Waals surface area contributed by atoms with Gasteiger partial charge in [0.05, 0.1) is 25.1 Å². The van der Waals surface area contributed by atoms with Gasteiger partial charge in [0.1, 0.15) is 11.5 Å². The van der Waals surface area contributed by atoms with Crippen LogP contribution >= 0.6 is 31.9 Å². The summed E-state index contributed by atoms with van der Waals surface area (Å²) >= 11 is 7.14. The van der Waals surface area contributed by atoms with E-state index in [2.05, 4.69) is 277 Å². The van der Waals surface area contributed by atoms with E-state index in [0.717, 1.165) is 51.5 Å². The average molecular weight is 1210 g/mol. The van der Waals surface area contributed by atoms with Crippen molar-refractivity contribution in [3.8, 4) is 0 Å². The molecule has 82 heavy (non-hydrogen) atoms. The highest BCUT2D eigenvalue weighted by molar-refractivity contribution is 9.11. The molecule has 0 aromatic heterocycles. The third-order valence-corrected chi connectivity index (χ3v) is 19.3. The molecule has 0 saturated carbocycles. The fourth-order valence-corrected chi connectivity index (χ4v) is 14.9. The molecule has 0 amide bonds. The maximum Gasteiger partial charge on any atom is 0.284 e. The summed E-state index contributed by atoms with van der Waals surface area (Å²) in [4.78, 5) is 28.8. The molecule has 12 rings (SSSR count). The quantitative estimate of drug-likeness (QED) is 0.0686.